The van der Waals surface area contributed by atoms with Crippen LogP contribution in [-0.2, 0) is 12.4 Å². The van der Waals surface area contributed by atoms with Gasteiger partial charge in [-0.15, -0.1) is 0 Å². The topological polar surface area (TPSA) is 91.2 Å². The standard InChI is InChI=1S/C43H22F6N6/c44-42(45,46)30-14-18-31(35(22-30)43(47,48)49)29-13-17-34(41-53-39(27-7-3-1-4-8-27)52-40(54-41)28-9-5-2-6-10-28)38(21-29)55-36-19-25(23-50)11-15-32(36)33-16-12-26(24-51)20-37(33)55/h1-22H. The molecule has 0 aliphatic rings. The van der Waals surface area contributed by atoms with Crippen molar-refractivity contribution in [1.29, 1.82) is 10.5 Å². The highest BCUT2D eigenvalue weighted by molar-refractivity contribution is 6.10. The van der Waals surface area contributed by atoms with E-state index in [1.165, 1.54) is 18.2 Å². The van der Waals surface area contributed by atoms with Crippen molar-refractivity contribution >= 4 is 21.8 Å². The van der Waals surface area contributed by atoms with Gasteiger partial charge < -0.3 is 4.57 Å². The lowest BCUT2D eigenvalue weighted by Gasteiger charge is -2.19. The highest BCUT2D eigenvalue weighted by Crippen LogP contribution is 2.44. The van der Waals surface area contributed by atoms with Gasteiger partial charge in [0, 0.05) is 27.5 Å². The van der Waals surface area contributed by atoms with Gasteiger partial charge in [0.15, 0.2) is 17.5 Å². The van der Waals surface area contributed by atoms with E-state index >= 15 is 0 Å². The van der Waals surface area contributed by atoms with E-state index in [9.17, 15) is 36.9 Å². The zero-order valence-corrected chi connectivity index (χ0v) is 28.2. The Balaban J connectivity index is 1.50. The van der Waals surface area contributed by atoms with E-state index in [0.717, 1.165) is 6.07 Å². The van der Waals surface area contributed by atoms with Gasteiger partial charge in [0.25, 0.3) is 0 Å². The molecule has 0 bridgehead atoms. The average molecular weight is 737 g/mol. The third-order valence-electron chi connectivity index (χ3n) is 9.17. The van der Waals surface area contributed by atoms with Crippen molar-refractivity contribution in [2.75, 3.05) is 0 Å². The number of benzene rings is 6. The molecule has 0 atom stereocenters. The molecule has 0 aliphatic carbocycles. The molecular weight excluding hydrogens is 715 g/mol. The van der Waals surface area contributed by atoms with Gasteiger partial charge in [0.05, 0.1) is 51.1 Å². The third kappa shape index (κ3) is 6.40. The molecule has 0 saturated carbocycles. The first-order valence-electron chi connectivity index (χ1n) is 16.6. The van der Waals surface area contributed by atoms with Crippen molar-refractivity contribution in [2.45, 2.75) is 12.4 Å². The molecule has 8 aromatic rings. The van der Waals surface area contributed by atoms with Crippen molar-refractivity contribution in [2.24, 2.45) is 0 Å². The van der Waals surface area contributed by atoms with Crippen LogP contribution >= 0.6 is 0 Å². The van der Waals surface area contributed by atoms with Crippen molar-refractivity contribution in [1.82, 2.24) is 19.5 Å². The minimum Gasteiger partial charge on any atom is -0.308 e. The van der Waals surface area contributed by atoms with E-state index in [0.29, 0.717) is 56.2 Å². The summed E-state index contributed by atoms with van der Waals surface area (Å²) in [4.78, 5) is 14.5. The third-order valence-corrected chi connectivity index (χ3v) is 9.17. The Morgan fingerprint density at radius 3 is 1.47 bits per heavy atom. The molecular formula is C43H22F6N6. The maximum atomic E-state index is 14.6. The number of rotatable bonds is 5. The fraction of sp³-hybridized carbons (Fsp3) is 0.0465. The zero-order valence-electron chi connectivity index (χ0n) is 28.2. The smallest absolute Gasteiger partial charge is 0.308 e. The lowest BCUT2D eigenvalue weighted by Crippen LogP contribution is -2.12. The number of nitriles is 2. The number of alkyl halides is 6. The van der Waals surface area contributed by atoms with Gasteiger partial charge in [-0.1, -0.05) is 84.9 Å². The second kappa shape index (κ2) is 13.3. The fourth-order valence-electron chi connectivity index (χ4n) is 6.63. The van der Waals surface area contributed by atoms with E-state index in [4.69, 9.17) is 15.0 Å². The van der Waals surface area contributed by atoms with Crippen LogP contribution in [0.4, 0.5) is 26.3 Å². The molecule has 6 nitrogen and oxygen atoms in total. The average Bonchev–Trinajstić information content (AvgIpc) is 3.52. The minimum absolute atomic E-state index is 0.0525. The van der Waals surface area contributed by atoms with Crippen molar-refractivity contribution < 1.29 is 26.3 Å². The first kappa shape index (κ1) is 34.8. The predicted octanol–water partition coefficient (Wildman–Crippen LogP) is 11.4. The number of nitrogens with zero attached hydrogens (tertiary/aromatic N) is 6. The van der Waals surface area contributed by atoms with Crippen LogP contribution in [0.2, 0.25) is 0 Å². The molecule has 0 amide bonds. The normalized spacial score (nSPS) is 11.8. The Kier molecular flexibility index (Phi) is 8.39. The summed E-state index contributed by atoms with van der Waals surface area (Å²) in [7, 11) is 0. The molecule has 0 aliphatic heterocycles. The summed E-state index contributed by atoms with van der Waals surface area (Å²) in [5.74, 6) is 0.755. The minimum atomic E-state index is -5.14. The molecule has 12 heteroatoms. The maximum absolute atomic E-state index is 14.6. The van der Waals surface area contributed by atoms with Crippen molar-refractivity contribution in [3.8, 4) is 63.1 Å². The molecule has 0 radical (unpaired) electrons. The summed E-state index contributed by atoms with van der Waals surface area (Å²) in [5.41, 5.74) is -0.0429. The van der Waals surface area contributed by atoms with Crippen LogP contribution in [0.3, 0.4) is 0 Å². The fourth-order valence-corrected chi connectivity index (χ4v) is 6.63. The summed E-state index contributed by atoms with van der Waals surface area (Å²) < 4.78 is 86.4. The van der Waals surface area contributed by atoms with Crippen LogP contribution in [0.25, 0.3) is 72.8 Å². The second-order valence-corrected chi connectivity index (χ2v) is 12.5. The number of hydrogen-bond donors (Lipinski definition) is 0. The largest absolute Gasteiger partial charge is 0.417 e. The molecule has 2 heterocycles. The van der Waals surface area contributed by atoms with E-state index in [1.54, 1.807) is 41.0 Å². The van der Waals surface area contributed by atoms with Crippen LogP contribution in [0.1, 0.15) is 22.3 Å². The van der Waals surface area contributed by atoms with Gasteiger partial charge in [-0.3, -0.25) is 0 Å². The zero-order chi connectivity index (χ0) is 38.5. The van der Waals surface area contributed by atoms with Crippen molar-refractivity contribution in [3.05, 3.63) is 156 Å². The Morgan fingerprint density at radius 2 is 0.982 bits per heavy atom. The Bertz CT molecular complexity index is 2740. The Labute approximate surface area is 308 Å². The first-order chi connectivity index (χ1) is 26.4. The van der Waals surface area contributed by atoms with Gasteiger partial charge in [0.1, 0.15) is 0 Å². The van der Waals surface area contributed by atoms with Gasteiger partial charge in [-0.2, -0.15) is 36.9 Å². The van der Waals surface area contributed by atoms with E-state index in [1.807, 2.05) is 60.7 Å². The van der Waals surface area contributed by atoms with Gasteiger partial charge in [-0.25, -0.2) is 15.0 Å². The Morgan fingerprint density at radius 1 is 0.473 bits per heavy atom. The quantitative estimate of drug-likeness (QED) is 0.164. The molecule has 55 heavy (non-hydrogen) atoms. The molecule has 266 valence electrons. The van der Waals surface area contributed by atoms with E-state index in [2.05, 4.69) is 12.1 Å². The number of fused-ring (bicyclic) bond motifs is 3. The second-order valence-electron chi connectivity index (χ2n) is 12.5. The summed E-state index contributed by atoms with van der Waals surface area (Å²) in [5, 5.41) is 21.1. The molecule has 8 rings (SSSR count). The number of halogens is 6. The van der Waals surface area contributed by atoms with E-state index in [-0.39, 0.29) is 34.3 Å². The predicted molar refractivity (Wildman–Crippen MR) is 195 cm³/mol. The molecule has 0 spiro atoms. The van der Waals surface area contributed by atoms with Crippen LogP contribution < -0.4 is 0 Å². The summed E-state index contributed by atoms with van der Waals surface area (Å²) >= 11 is 0. The highest BCUT2D eigenvalue weighted by atomic mass is 19.4. The van der Waals surface area contributed by atoms with Gasteiger partial charge in [0.2, 0.25) is 0 Å². The SMILES string of the molecule is N#Cc1ccc2c3ccc(C#N)cc3n(-c3cc(-c4ccc(C(F)(F)F)cc4C(F)(F)F)ccc3-c3nc(-c4ccccc4)nc(-c4ccccc4)n3)c2c1. The summed E-state index contributed by atoms with van der Waals surface area (Å²) in [6, 6.07) is 38.3. The summed E-state index contributed by atoms with van der Waals surface area (Å²) in [6.07, 6.45) is -10.2. The lowest BCUT2D eigenvalue weighted by molar-refractivity contribution is -0.142. The van der Waals surface area contributed by atoms with Crippen LogP contribution in [0, 0.1) is 22.7 Å². The van der Waals surface area contributed by atoms with Gasteiger partial charge >= 0.3 is 12.4 Å². The number of hydrogen-bond acceptors (Lipinski definition) is 5. The first-order valence-corrected chi connectivity index (χ1v) is 16.6. The molecule has 0 saturated heterocycles. The Hall–Kier alpha value is -7.31. The lowest BCUT2D eigenvalue weighted by atomic mass is 9.95. The van der Waals surface area contributed by atoms with Crippen molar-refractivity contribution in [3.63, 3.8) is 0 Å². The molecule has 0 unspecified atom stereocenters. The van der Waals surface area contributed by atoms with Crippen LogP contribution in [0.5, 0.6) is 0 Å². The molecule has 2 aromatic heterocycles. The highest BCUT2D eigenvalue weighted by Gasteiger charge is 2.38. The van der Waals surface area contributed by atoms with Crippen LogP contribution in [-0.4, -0.2) is 19.5 Å². The summed E-state index contributed by atoms with van der Waals surface area (Å²) in [6.45, 7) is 0. The maximum Gasteiger partial charge on any atom is 0.417 e. The molecule has 0 fully saturated rings. The monoisotopic (exact) mass is 736 g/mol. The number of aromatic nitrogens is 4. The van der Waals surface area contributed by atoms with Gasteiger partial charge in [-0.05, 0) is 59.7 Å². The molecule has 6 aromatic carbocycles. The van der Waals surface area contributed by atoms with E-state index < -0.39 is 29.0 Å². The van der Waals surface area contributed by atoms with Crippen LogP contribution in [0.15, 0.2) is 133 Å². The molecule has 0 N–H and O–H groups in total.